The summed E-state index contributed by atoms with van der Waals surface area (Å²) < 4.78 is 11.2. The van der Waals surface area contributed by atoms with E-state index in [0.29, 0.717) is 31.7 Å². The Labute approximate surface area is 120 Å². The lowest BCUT2D eigenvalue weighted by Crippen LogP contribution is -2.32. The van der Waals surface area contributed by atoms with E-state index in [9.17, 15) is 5.11 Å². The summed E-state index contributed by atoms with van der Waals surface area (Å²) in [7, 11) is 0. The molecule has 1 unspecified atom stereocenters. The summed E-state index contributed by atoms with van der Waals surface area (Å²) >= 11 is 0. The van der Waals surface area contributed by atoms with Crippen LogP contribution >= 0.6 is 0 Å². The van der Waals surface area contributed by atoms with Crippen LogP contribution in [-0.4, -0.2) is 35.5 Å². The summed E-state index contributed by atoms with van der Waals surface area (Å²) in [6.45, 7) is 5.26. The molecule has 0 amide bonds. The van der Waals surface area contributed by atoms with E-state index in [1.165, 1.54) is 19.3 Å². The predicted molar refractivity (Wildman–Crippen MR) is 76.5 cm³/mol. The highest BCUT2D eigenvalue weighted by molar-refractivity contribution is 5.05. The van der Waals surface area contributed by atoms with E-state index in [2.05, 4.69) is 10.3 Å². The van der Waals surface area contributed by atoms with Gasteiger partial charge in [-0.1, -0.05) is 19.3 Å². The van der Waals surface area contributed by atoms with Crippen LogP contribution in [0.5, 0.6) is 0 Å². The van der Waals surface area contributed by atoms with Crippen LogP contribution in [0.1, 0.15) is 49.4 Å². The van der Waals surface area contributed by atoms with Crippen molar-refractivity contribution >= 4 is 0 Å². The third-order valence-corrected chi connectivity index (χ3v) is 3.81. The van der Waals surface area contributed by atoms with Crippen molar-refractivity contribution in [3.8, 4) is 0 Å². The van der Waals surface area contributed by atoms with Crippen molar-refractivity contribution in [1.29, 1.82) is 0 Å². The molecule has 1 aromatic rings. The molecule has 20 heavy (non-hydrogen) atoms. The van der Waals surface area contributed by atoms with Crippen LogP contribution < -0.4 is 5.32 Å². The van der Waals surface area contributed by atoms with Crippen molar-refractivity contribution in [2.24, 2.45) is 0 Å². The van der Waals surface area contributed by atoms with Crippen molar-refractivity contribution in [2.45, 2.75) is 64.7 Å². The molecule has 1 aliphatic rings. The average Bonchev–Trinajstić information content (AvgIpc) is 2.76. The molecule has 2 N–H and O–H groups in total. The lowest BCUT2D eigenvalue weighted by Gasteiger charge is -2.23. The minimum atomic E-state index is -0.478. The molecule has 5 heteroatoms. The number of aromatic nitrogens is 1. The molecule has 1 aliphatic carbocycles. The quantitative estimate of drug-likeness (QED) is 0.801. The number of aryl methyl sites for hydroxylation is 2. The molecule has 0 aromatic carbocycles. The van der Waals surface area contributed by atoms with Gasteiger partial charge in [-0.3, -0.25) is 0 Å². The number of rotatable bonds is 7. The molecule has 114 valence electrons. The first kappa shape index (κ1) is 15.5. The third kappa shape index (κ3) is 4.89. The van der Waals surface area contributed by atoms with Crippen molar-refractivity contribution in [2.75, 3.05) is 13.2 Å². The maximum atomic E-state index is 9.88. The van der Waals surface area contributed by atoms with E-state index in [1.807, 2.05) is 13.8 Å². The highest BCUT2D eigenvalue weighted by Gasteiger charge is 2.15. The van der Waals surface area contributed by atoms with Gasteiger partial charge in [0.15, 0.2) is 0 Å². The molecule has 0 radical (unpaired) electrons. The van der Waals surface area contributed by atoms with Gasteiger partial charge in [-0.2, -0.15) is 0 Å². The number of nitrogens with one attached hydrogen (secondary N) is 1. The molecule has 1 atom stereocenters. The number of hydrogen-bond acceptors (Lipinski definition) is 5. The largest absolute Gasteiger partial charge is 0.444 e. The fraction of sp³-hybridized carbons (Fsp3) is 0.800. The zero-order chi connectivity index (χ0) is 14.4. The number of hydrogen-bond donors (Lipinski definition) is 2. The van der Waals surface area contributed by atoms with Crippen LogP contribution in [-0.2, 0) is 11.3 Å². The van der Waals surface area contributed by atoms with E-state index in [4.69, 9.17) is 9.15 Å². The highest BCUT2D eigenvalue weighted by atomic mass is 16.5. The fourth-order valence-electron chi connectivity index (χ4n) is 2.50. The van der Waals surface area contributed by atoms with E-state index in [0.717, 1.165) is 24.3 Å². The van der Waals surface area contributed by atoms with E-state index in [-0.39, 0.29) is 0 Å². The second kappa shape index (κ2) is 7.76. The second-order valence-corrected chi connectivity index (χ2v) is 5.63. The van der Waals surface area contributed by atoms with Gasteiger partial charge in [0.2, 0.25) is 5.89 Å². The molecule has 2 rings (SSSR count). The Morgan fingerprint density at radius 3 is 2.75 bits per heavy atom. The van der Waals surface area contributed by atoms with Crippen LogP contribution in [0.3, 0.4) is 0 Å². The number of nitrogens with zero attached hydrogens (tertiary/aromatic N) is 1. The van der Waals surface area contributed by atoms with Gasteiger partial charge in [-0.25, -0.2) is 4.98 Å². The average molecular weight is 282 g/mol. The molecule has 0 spiro atoms. The Hall–Kier alpha value is -0.910. The predicted octanol–water partition coefficient (Wildman–Crippen LogP) is 2.09. The van der Waals surface area contributed by atoms with Gasteiger partial charge in [0.05, 0.1) is 31.1 Å². The second-order valence-electron chi connectivity index (χ2n) is 5.63. The van der Waals surface area contributed by atoms with Gasteiger partial charge in [0.1, 0.15) is 5.76 Å². The zero-order valence-electron chi connectivity index (χ0n) is 12.5. The number of oxazole rings is 1. The van der Waals surface area contributed by atoms with Crippen molar-refractivity contribution in [3.05, 3.63) is 17.3 Å². The Kier molecular flexibility index (Phi) is 6.01. The minimum Gasteiger partial charge on any atom is -0.444 e. The zero-order valence-corrected chi connectivity index (χ0v) is 12.5. The van der Waals surface area contributed by atoms with Gasteiger partial charge >= 0.3 is 0 Å². The van der Waals surface area contributed by atoms with Gasteiger partial charge in [-0.05, 0) is 26.7 Å². The number of aliphatic hydroxyl groups excluding tert-OH is 1. The Morgan fingerprint density at radius 2 is 2.10 bits per heavy atom. The Morgan fingerprint density at radius 1 is 1.35 bits per heavy atom. The minimum absolute atomic E-state index is 0.343. The van der Waals surface area contributed by atoms with E-state index >= 15 is 0 Å². The van der Waals surface area contributed by atoms with Crippen molar-refractivity contribution in [3.63, 3.8) is 0 Å². The highest BCUT2D eigenvalue weighted by Crippen LogP contribution is 2.20. The monoisotopic (exact) mass is 282 g/mol. The SMILES string of the molecule is Cc1nc(CNCC(O)COC2CCCCC2)oc1C. The van der Waals surface area contributed by atoms with Crippen LogP contribution in [0.15, 0.2) is 4.42 Å². The molecule has 0 aliphatic heterocycles. The van der Waals surface area contributed by atoms with Crippen molar-refractivity contribution < 1.29 is 14.3 Å². The fourth-order valence-corrected chi connectivity index (χ4v) is 2.50. The van der Waals surface area contributed by atoms with Crippen LogP contribution in [0.2, 0.25) is 0 Å². The lowest BCUT2D eigenvalue weighted by molar-refractivity contribution is -0.0231. The van der Waals surface area contributed by atoms with Crippen LogP contribution in [0, 0.1) is 13.8 Å². The van der Waals surface area contributed by atoms with Gasteiger partial charge in [0, 0.05) is 6.54 Å². The van der Waals surface area contributed by atoms with Crippen LogP contribution in [0.25, 0.3) is 0 Å². The van der Waals surface area contributed by atoms with E-state index in [1.54, 1.807) is 0 Å². The summed E-state index contributed by atoms with van der Waals surface area (Å²) in [6, 6.07) is 0. The standard InChI is InChI=1S/C15H26N2O3/c1-11-12(2)20-15(17-11)9-16-8-13(18)10-19-14-6-4-3-5-7-14/h13-14,16,18H,3-10H2,1-2H3. The maximum Gasteiger partial charge on any atom is 0.208 e. The number of aliphatic hydroxyl groups is 1. The first-order valence-electron chi connectivity index (χ1n) is 7.58. The first-order chi connectivity index (χ1) is 9.65. The molecule has 0 bridgehead atoms. The first-order valence-corrected chi connectivity index (χ1v) is 7.58. The molecule has 1 fully saturated rings. The third-order valence-electron chi connectivity index (χ3n) is 3.81. The topological polar surface area (TPSA) is 67.5 Å². The lowest BCUT2D eigenvalue weighted by atomic mass is 9.98. The molecule has 1 saturated carbocycles. The number of ether oxygens (including phenoxy) is 1. The summed E-state index contributed by atoms with van der Waals surface area (Å²) in [5.41, 5.74) is 0.919. The van der Waals surface area contributed by atoms with Gasteiger partial charge in [-0.15, -0.1) is 0 Å². The van der Waals surface area contributed by atoms with E-state index < -0.39 is 6.10 Å². The molecular weight excluding hydrogens is 256 g/mol. The Bertz CT molecular complexity index is 380. The smallest absolute Gasteiger partial charge is 0.208 e. The molecule has 1 heterocycles. The van der Waals surface area contributed by atoms with Gasteiger partial charge < -0.3 is 19.6 Å². The van der Waals surface area contributed by atoms with Gasteiger partial charge in [0.25, 0.3) is 0 Å². The summed E-state index contributed by atoms with van der Waals surface area (Å²) in [6.07, 6.45) is 5.96. The molecule has 1 aromatic heterocycles. The Balaban J connectivity index is 1.58. The molecular formula is C15H26N2O3. The molecule has 0 saturated heterocycles. The molecule has 5 nitrogen and oxygen atoms in total. The summed E-state index contributed by atoms with van der Waals surface area (Å²) in [5.74, 6) is 1.52. The summed E-state index contributed by atoms with van der Waals surface area (Å²) in [5, 5.41) is 13.0. The van der Waals surface area contributed by atoms with Crippen molar-refractivity contribution in [1.82, 2.24) is 10.3 Å². The van der Waals surface area contributed by atoms with Crippen LogP contribution in [0.4, 0.5) is 0 Å². The summed E-state index contributed by atoms with van der Waals surface area (Å²) in [4.78, 5) is 4.28. The normalized spacial score (nSPS) is 18.4. The maximum absolute atomic E-state index is 9.88.